The Kier molecular flexibility index (Phi) is 6.62. The highest BCUT2D eigenvalue weighted by Gasteiger charge is 2.10. The Bertz CT molecular complexity index is 800. The van der Waals surface area contributed by atoms with Crippen molar-refractivity contribution < 1.29 is 4.79 Å². The third kappa shape index (κ3) is 5.37. The summed E-state index contributed by atoms with van der Waals surface area (Å²) >= 11 is 6.22. The maximum Gasteiger partial charge on any atom is 0.263 e. The molecule has 5 heteroatoms. The fourth-order valence-electron chi connectivity index (χ4n) is 2.45. The van der Waals surface area contributed by atoms with Crippen molar-refractivity contribution in [2.24, 2.45) is 0 Å². The van der Waals surface area contributed by atoms with E-state index in [0.717, 1.165) is 16.7 Å². The molecule has 2 aromatic carbocycles. The topological polar surface area (TPSA) is 64.9 Å². The molecule has 2 aromatic rings. The zero-order valence-corrected chi connectivity index (χ0v) is 15.0. The molecule has 2 N–H and O–H groups in total. The number of halogens is 1. The number of amides is 1. The first-order valence-electron chi connectivity index (χ1n) is 7.97. The van der Waals surface area contributed by atoms with Crippen molar-refractivity contribution in [3.8, 4) is 6.07 Å². The van der Waals surface area contributed by atoms with Crippen molar-refractivity contribution in [1.29, 1.82) is 5.26 Å². The number of carbonyl (C=O) groups is 1. The summed E-state index contributed by atoms with van der Waals surface area (Å²) in [6.07, 6.45) is 2.10. The minimum atomic E-state index is -0.410. The van der Waals surface area contributed by atoms with E-state index in [1.165, 1.54) is 6.20 Å². The molecule has 25 heavy (non-hydrogen) atoms. The second kappa shape index (κ2) is 8.91. The molecule has 0 aliphatic heterocycles. The zero-order chi connectivity index (χ0) is 18.2. The van der Waals surface area contributed by atoms with Gasteiger partial charge in [-0.2, -0.15) is 5.26 Å². The molecule has 0 bridgehead atoms. The SMILES string of the molecule is Cc1cc(C)c(N/C=C(/C#N)C(=O)NCCc2ccccc2)c(Cl)c1. The van der Waals surface area contributed by atoms with Crippen LogP contribution in [0.1, 0.15) is 16.7 Å². The summed E-state index contributed by atoms with van der Waals surface area (Å²) < 4.78 is 0. The molecule has 0 radical (unpaired) electrons. The molecule has 2 rings (SSSR count). The van der Waals surface area contributed by atoms with Crippen LogP contribution in [-0.2, 0) is 11.2 Å². The molecule has 0 aliphatic rings. The molecule has 4 nitrogen and oxygen atoms in total. The van der Waals surface area contributed by atoms with Gasteiger partial charge in [-0.25, -0.2) is 0 Å². The predicted octanol–water partition coefficient (Wildman–Crippen LogP) is 4.14. The Hall–Kier alpha value is -2.77. The van der Waals surface area contributed by atoms with Crippen LogP contribution in [0.25, 0.3) is 0 Å². The molecule has 0 atom stereocenters. The van der Waals surface area contributed by atoms with Gasteiger partial charge < -0.3 is 10.6 Å². The van der Waals surface area contributed by atoms with Gasteiger partial charge in [-0.3, -0.25) is 4.79 Å². The quantitative estimate of drug-likeness (QED) is 0.606. The first kappa shape index (κ1) is 18.6. The lowest BCUT2D eigenvalue weighted by molar-refractivity contribution is -0.117. The van der Waals surface area contributed by atoms with Gasteiger partial charge in [-0.05, 0) is 43.0 Å². The van der Waals surface area contributed by atoms with Gasteiger partial charge in [0.25, 0.3) is 5.91 Å². The van der Waals surface area contributed by atoms with E-state index in [1.807, 2.05) is 62.4 Å². The molecule has 1 amide bonds. The second-order valence-corrected chi connectivity index (χ2v) is 6.15. The fraction of sp³-hybridized carbons (Fsp3) is 0.200. The monoisotopic (exact) mass is 353 g/mol. The average Bonchev–Trinajstić information content (AvgIpc) is 2.58. The molecular weight excluding hydrogens is 334 g/mol. The number of hydrogen-bond acceptors (Lipinski definition) is 3. The first-order valence-corrected chi connectivity index (χ1v) is 8.34. The molecule has 0 heterocycles. The highest BCUT2D eigenvalue weighted by molar-refractivity contribution is 6.33. The van der Waals surface area contributed by atoms with Crippen molar-refractivity contribution >= 4 is 23.2 Å². The average molecular weight is 354 g/mol. The molecule has 0 saturated heterocycles. The van der Waals surface area contributed by atoms with E-state index in [-0.39, 0.29) is 5.57 Å². The van der Waals surface area contributed by atoms with Gasteiger partial charge in [0.05, 0.1) is 10.7 Å². The van der Waals surface area contributed by atoms with Gasteiger partial charge in [-0.15, -0.1) is 0 Å². The van der Waals surface area contributed by atoms with E-state index in [1.54, 1.807) is 0 Å². The van der Waals surface area contributed by atoms with Gasteiger partial charge in [0.1, 0.15) is 11.6 Å². The first-order chi connectivity index (χ1) is 12.0. The standard InChI is InChI=1S/C20H20ClN3O/c1-14-10-15(2)19(18(21)11-14)24-13-17(12-22)20(25)23-9-8-16-6-4-3-5-7-16/h3-7,10-11,13,24H,8-9H2,1-2H3,(H,23,25)/b17-13-. The predicted molar refractivity (Wildman–Crippen MR) is 101 cm³/mol. The van der Waals surface area contributed by atoms with Crippen LogP contribution in [0.5, 0.6) is 0 Å². The summed E-state index contributed by atoms with van der Waals surface area (Å²) in [6, 6.07) is 15.6. The zero-order valence-electron chi connectivity index (χ0n) is 14.3. The molecule has 128 valence electrons. The number of carbonyl (C=O) groups excluding carboxylic acids is 1. The van der Waals surface area contributed by atoms with E-state index in [9.17, 15) is 10.1 Å². The maximum atomic E-state index is 12.1. The smallest absolute Gasteiger partial charge is 0.263 e. The van der Waals surface area contributed by atoms with E-state index < -0.39 is 5.91 Å². The van der Waals surface area contributed by atoms with Crippen molar-refractivity contribution in [1.82, 2.24) is 5.32 Å². The third-order valence-corrected chi connectivity index (χ3v) is 4.00. The summed E-state index contributed by atoms with van der Waals surface area (Å²) in [7, 11) is 0. The number of nitriles is 1. The van der Waals surface area contributed by atoms with Crippen molar-refractivity contribution in [2.75, 3.05) is 11.9 Å². The molecular formula is C20H20ClN3O. The number of nitrogens with zero attached hydrogens (tertiary/aromatic N) is 1. The lowest BCUT2D eigenvalue weighted by Crippen LogP contribution is -2.27. The van der Waals surface area contributed by atoms with Gasteiger partial charge in [0.15, 0.2) is 0 Å². The Morgan fingerprint density at radius 2 is 1.96 bits per heavy atom. The van der Waals surface area contributed by atoms with Crippen molar-refractivity contribution in [3.63, 3.8) is 0 Å². The number of aryl methyl sites for hydroxylation is 2. The summed E-state index contributed by atoms with van der Waals surface area (Å²) in [5, 5.41) is 15.5. The van der Waals surface area contributed by atoms with Gasteiger partial charge in [0, 0.05) is 12.7 Å². The minimum absolute atomic E-state index is 0.00380. The summed E-state index contributed by atoms with van der Waals surface area (Å²) in [5.74, 6) is -0.410. The highest BCUT2D eigenvalue weighted by atomic mass is 35.5. The molecule has 0 aromatic heterocycles. The largest absolute Gasteiger partial charge is 0.359 e. The summed E-state index contributed by atoms with van der Waals surface area (Å²) in [5.41, 5.74) is 3.82. The number of hydrogen-bond donors (Lipinski definition) is 2. The summed E-state index contributed by atoms with van der Waals surface area (Å²) in [4.78, 5) is 12.1. The van der Waals surface area contributed by atoms with Crippen molar-refractivity contribution in [3.05, 3.63) is 76.0 Å². The number of rotatable bonds is 6. The van der Waals surface area contributed by atoms with Gasteiger partial charge >= 0.3 is 0 Å². The molecule has 0 spiro atoms. The molecule has 0 fully saturated rings. The van der Waals surface area contributed by atoms with Crippen LogP contribution in [0.4, 0.5) is 5.69 Å². The van der Waals surface area contributed by atoms with Crippen LogP contribution in [0.2, 0.25) is 5.02 Å². The number of benzene rings is 2. The van der Waals surface area contributed by atoms with E-state index in [4.69, 9.17) is 11.6 Å². The van der Waals surface area contributed by atoms with E-state index >= 15 is 0 Å². The highest BCUT2D eigenvalue weighted by Crippen LogP contribution is 2.27. The van der Waals surface area contributed by atoms with Crippen LogP contribution in [0.3, 0.4) is 0 Å². The van der Waals surface area contributed by atoms with E-state index in [0.29, 0.717) is 23.7 Å². The van der Waals surface area contributed by atoms with Crippen LogP contribution in [0, 0.1) is 25.2 Å². The fourth-order valence-corrected chi connectivity index (χ4v) is 2.83. The van der Waals surface area contributed by atoms with Crippen molar-refractivity contribution in [2.45, 2.75) is 20.3 Å². The number of nitrogens with one attached hydrogen (secondary N) is 2. The molecule has 0 saturated carbocycles. The second-order valence-electron chi connectivity index (χ2n) is 5.74. The minimum Gasteiger partial charge on any atom is -0.359 e. The van der Waals surface area contributed by atoms with Crippen LogP contribution in [0.15, 0.2) is 54.2 Å². The van der Waals surface area contributed by atoms with Crippen LogP contribution in [-0.4, -0.2) is 12.5 Å². The lowest BCUT2D eigenvalue weighted by Gasteiger charge is -2.10. The van der Waals surface area contributed by atoms with Gasteiger partial charge in [-0.1, -0.05) is 48.0 Å². The third-order valence-electron chi connectivity index (χ3n) is 3.70. The Labute approximate surface area is 153 Å². The lowest BCUT2D eigenvalue weighted by atomic mass is 10.1. The van der Waals surface area contributed by atoms with Crippen LogP contribution < -0.4 is 10.6 Å². The maximum absolute atomic E-state index is 12.1. The Balaban J connectivity index is 1.98. The molecule has 0 unspecified atom stereocenters. The Morgan fingerprint density at radius 1 is 1.24 bits per heavy atom. The normalized spacial score (nSPS) is 10.9. The van der Waals surface area contributed by atoms with Gasteiger partial charge in [0.2, 0.25) is 0 Å². The van der Waals surface area contributed by atoms with Crippen LogP contribution >= 0.6 is 11.6 Å². The van der Waals surface area contributed by atoms with E-state index in [2.05, 4.69) is 10.6 Å². The molecule has 0 aliphatic carbocycles. The summed E-state index contributed by atoms with van der Waals surface area (Å²) in [6.45, 7) is 4.34. The number of anilines is 1. The Morgan fingerprint density at radius 3 is 2.60 bits per heavy atom.